The van der Waals surface area contributed by atoms with Crippen molar-refractivity contribution in [2.24, 2.45) is 0 Å². The molecule has 0 aliphatic carbocycles. The maximum atomic E-state index is 11.9. The van der Waals surface area contributed by atoms with Crippen molar-refractivity contribution in [3.8, 4) is 0 Å². The summed E-state index contributed by atoms with van der Waals surface area (Å²) in [5, 5.41) is 0. The van der Waals surface area contributed by atoms with Gasteiger partial charge >= 0.3 is 12.1 Å². The van der Waals surface area contributed by atoms with Crippen LogP contribution in [-0.4, -0.2) is 36.3 Å². The van der Waals surface area contributed by atoms with E-state index in [2.05, 4.69) is 4.98 Å². The third-order valence-corrected chi connectivity index (χ3v) is 2.48. The van der Waals surface area contributed by atoms with E-state index in [9.17, 15) is 9.59 Å². The van der Waals surface area contributed by atoms with E-state index in [1.807, 2.05) is 0 Å². The number of rotatable bonds is 4. The summed E-state index contributed by atoms with van der Waals surface area (Å²) in [4.78, 5) is 28.6. The molecule has 0 bridgehead atoms. The summed E-state index contributed by atoms with van der Waals surface area (Å²) in [5.74, 6) is 0.0555. The molecule has 0 aliphatic rings. The molecule has 1 rings (SSSR count). The Labute approximate surface area is 130 Å². The highest BCUT2D eigenvalue weighted by Crippen LogP contribution is 2.15. The van der Waals surface area contributed by atoms with E-state index in [4.69, 9.17) is 9.47 Å². The summed E-state index contributed by atoms with van der Waals surface area (Å²) in [6.07, 6.45) is 4.01. The van der Waals surface area contributed by atoms with Crippen LogP contribution in [0.15, 0.2) is 24.4 Å². The zero-order valence-electron chi connectivity index (χ0n) is 13.6. The highest BCUT2D eigenvalue weighted by Gasteiger charge is 2.20. The molecule has 0 spiro atoms. The summed E-state index contributed by atoms with van der Waals surface area (Å²) in [6.45, 7) is 7.48. The number of nitrogens with zero attached hydrogens (tertiary/aromatic N) is 2. The van der Waals surface area contributed by atoms with Crippen LogP contribution in [0.3, 0.4) is 0 Å². The van der Waals surface area contributed by atoms with E-state index >= 15 is 0 Å². The van der Waals surface area contributed by atoms with Gasteiger partial charge in [-0.05, 0) is 51.5 Å². The fraction of sp³-hybridized carbons (Fsp3) is 0.438. The fourth-order valence-electron chi connectivity index (χ4n) is 1.47. The molecule has 0 aromatic carbocycles. The van der Waals surface area contributed by atoms with Gasteiger partial charge in [0.2, 0.25) is 0 Å². The first kappa shape index (κ1) is 17.7. The molecule has 0 aliphatic heterocycles. The van der Waals surface area contributed by atoms with Crippen molar-refractivity contribution in [2.45, 2.75) is 33.3 Å². The van der Waals surface area contributed by atoms with E-state index < -0.39 is 17.7 Å². The Bertz CT molecular complexity index is 544. The number of aromatic nitrogens is 1. The second-order valence-electron chi connectivity index (χ2n) is 5.57. The maximum Gasteiger partial charge on any atom is 0.415 e. The largest absolute Gasteiger partial charge is 0.463 e. The van der Waals surface area contributed by atoms with Gasteiger partial charge in [0.25, 0.3) is 0 Å². The molecule has 1 heterocycles. The standard InChI is InChI=1S/C16H22N2O4/c1-6-21-14(19)10-8-12-7-9-13(17-11-12)18(5)15(20)22-16(2,3)4/h7-11H,6H2,1-5H3/b10-8+. The topological polar surface area (TPSA) is 68.7 Å². The first-order valence-electron chi connectivity index (χ1n) is 7.00. The van der Waals surface area contributed by atoms with E-state index in [0.717, 1.165) is 5.56 Å². The number of hydrogen-bond acceptors (Lipinski definition) is 5. The molecular weight excluding hydrogens is 284 g/mol. The SMILES string of the molecule is CCOC(=O)/C=C/c1ccc(N(C)C(=O)OC(C)(C)C)nc1. The van der Waals surface area contributed by atoms with Crippen LogP contribution in [0.1, 0.15) is 33.3 Å². The summed E-state index contributed by atoms with van der Waals surface area (Å²) < 4.78 is 10.0. The number of amides is 1. The van der Waals surface area contributed by atoms with E-state index in [1.54, 1.807) is 59.1 Å². The molecule has 120 valence electrons. The monoisotopic (exact) mass is 306 g/mol. The Kier molecular flexibility index (Phi) is 6.10. The van der Waals surface area contributed by atoms with E-state index in [0.29, 0.717) is 12.4 Å². The number of hydrogen-bond donors (Lipinski definition) is 0. The van der Waals surface area contributed by atoms with Gasteiger partial charge in [0.05, 0.1) is 6.61 Å². The summed E-state index contributed by atoms with van der Waals surface area (Å²) in [6, 6.07) is 3.42. The second kappa shape index (κ2) is 7.59. The van der Waals surface area contributed by atoms with Gasteiger partial charge in [0.1, 0.15) is 11.4 Å². The Morgan fingerprint density at radius 3 is 2.50 bits per heavy atom. The van der Waals surface area contributed by atoms with Gasteiger partial charge < -0.3 is 9.47 Å². The lowest BCUT2D eigenvalue weighted by Gasteiger charge is -2.24. The van der Waals surface area contributed by atoms with Crippen LogP contribution in [0, 0.1) is 0 Å². The van der Waals surface area contributed by atoms with Crippen LogP contribution in [-0.2, 0) is 14.3 Å². The molecular formula is C16H22N2O4. The predicted molar refractivity (Wildman–Crippen MR) is 84.5 cm³/mol. The molecule has 6 heteroatoms. The fourth-order valence-corrected chi connectivity index (χ4v) is 1.47. The number of anilines is 1. The van der Waals surface area contributed by atoms with Crippen molar-refractivity contribution >= 4 is 24.0 Å². The molecule has 0 saturated carbocycles. The van der Waals surface area contributed by atoms with Crippen LogP contribution < -0.4 is 4.90 Å². The molecule has 0 fully saturated rings. The van der Waals surface area contributed by atoms with Gasteiger partial charge in [-0.25, -0.2) is 14.6 Å². The Morgan fingerprint density at radius 2 is 2.00 bits per heavy atom. The highest BCUT2D eigenvalue weighted by atomic mass is 16.6. The minimum Gasteiger partial charge on any atom is -0.463 e. The molecule has 1 aromatic rings. The van der Waals surface area contributed by atoms with Gasteiger partial charge in [0.15, 0.2) is 0 Å². The van der Waals surface area contributed by atoms with Crippen molar-refractivity contribution in [3.05, 3.63) is 30.0 Å². The zero-order chi connectivity index (χ0) is 16.8. The summed E-state index contributed by atoms with van der Waals surface area (Å²) in [5.41, 5.74) is 0.169. The zero-order valence-corrected chi connectivity index (χ0v) is 13.6. The number of carbonyl (C=O) groups excluding carboxylic acids is 2. The van der Waals surface area contributed by atoms with Crippen LogP contribution in [0.5, 0.6) is 0 Å². The Balaban J connectivity index is 2.72. The first-order valence-corrected chi connectivity index (χ1v) is 7.00. The highest BCUT2D eigenvalue weighted by molar-refractivity contribution is 5.87. The third kappa shape index (κ3) is 5.95. The molecule has 0 radical (unpaired) electrons. The second-order valence-corrected chi connectivity index (χ2v) is 5.57. The molecule has 0 N–H and O–H groups in total. The molecule has 1 amide bonds. The number of pyridine rings is 1. The molecule has 22 heavy (non-hydrogen) atoms. The normalized spacial score (nSPS) is 11.3. The Morgan fingerprint density at radius 1 is 1.32 bits per heavy atom. The molecule has 6 nitrogen and oxygen atoms in total. The van der Waals surface area contributed by atoms with E-state index in [-0.39, 0.29) is 0 Å². The van der Waals surface area contributed by atoms with Gasteiger partial charge in [-0.3, -0.25) is 4.90 Å². The summed E-state index contributed by atoms with van der Waals surface area (Å²) >= 11 is 0. The van der Waals surface area contributed by atoms with Crippen LogP contribution in [0.4, 0.5) is 10.6 Å². The summed E-state index contributed by atoms with van der Waals surface area (Å²) in [7, 11) is 1.59. The number of ether oxygens (including phenoxy) is 2. The van der Waals surface area contributed by atoms with Gasteiger partial charge in [-0.15, -0.1) is 0 Å². The van der Waals surface area contributed by atoms with Crippen molar-refractivity contribution < 1.29 is 19.1 Å². The third-order valence-electron chi connectivity index (χ3n) is 2.48. The number of carbonyl (C=O) groups is 2. The maximum absolute atomic E-state index is 11.9. The van der Waals surface area contributed by atoms with Crippen LogP contribution in [0.2, 0.25) is 0 Å². The molecule has 0 unspecified atom stereocenters. The minimum absolute atomic E-state index is 0.334. The van der Waals surface area contributed by atoms with E-state index in [1.165, 1.54) is 11.0 Å². The van der Waals surface area contributed by atoms with Crippen molar-refractivity contribution in [2.75, 3.05) is 18.6 Å². The lowest BCUT2D eigenvalue weighted by atomic mass is 10.2. The molecule has 0 atom stereocenters. The van der Waals surface area contributed by atoms with Gasteiger partial charge in [0, 0.05) is 19.3 Å². The van der Waals surface area contributed by atoms with Crippen molar-refractivity contribution in [3.63, 3.8) is 0 Å². The lowest BCUT2D eigenvalue weighted by Crippen LogP contribution is -2.34. The van der Waals surface area contributed by atoms with Gasteiger partial charge in [-0.2, -0.15) is 0 Å². The van der Waals surface area contributed by atoms with Crippen LogP contribution >= 0.6 is 0 Å². The average molecular weight is 306 g/mol. The quantitative estimate of drug-likeness (QED) is 0.632. The lowest BCUT2D eigenvalue weighted by molar-refractivity contribution is -0.137. The number of esters is 1. The minimum atomic E-state index is -0.562. The predicted octanol–water partition coefficient (Wildman–Crippen LogP) is 3.03. The van der Waals surface area contributed by atoms with Crippen LogP contribution in [0.25, 0.3) is 6.08 Å². The molecule has 0 saturated heterocycles. The smallest absolute Gasteiger partial charge is 0.415 e. The average Bonchev–Trinajstić information content (AvgIpc) is 2.43. The molecule has 1 aromatic heterocycles. The van der Waals surface area contributed by atoms with Crippen molar-refractivity contribution in [1.29, 1.82) is 0 Å². The van der Waals surface area contributed by atoms with Gasteiger partial charge in [-0.1, -0.05) is 0 Å². The van der Waals surface area contributed by atoms with Crippen molar-refractivity contribution in [1.82, 2.24) is 4.98 Å². The Hall–Kier alpha value is -2.37. The first-order chi connectivity index (χ1) is 10.2.